The summed E-state index contributed by atoms with van der Waals surface area (Å²) in [5.41, 5.74) is 3.81. The molecule has 0 saturated heterocycles. The van der Waals surface area contributed by atoms with Crippen LogP contribution in [0.1, 0.15) is 37.6 Å². The van der Waals surface area contributed by atoms with Crippen LogP contribution < -0.4 is 5.32 Å². The number of fused-ring (bicyclic) bond motifs is 2. The second-order valence-electron chi connectivity index (χ2n) is 7.88. The van der Waals surface area contributed by atoms with Gasteiger partial charge in [0.05, 0.1) is 11.7 Å². The maximum Gasteiger partial charge on any atom is 0.107 e. The molecular weight excluding hydrogens is 338 g/mol. The molecule has 0 spiro atoms. The summed E-state index contributed by atoms with van der Waals surface area (Å²) in [7, 11) is 0. The van der Waals surface area contributed by atoms with Gasteiger partial charge in [-0.25, -0.2) is 0 Å². The predicted molar refractivity (Wildman–Crippen MR) is 107 cm³/mol. The number of aliphatic hydroxyl groups excluding tert-OH is 1. The third-order valence-electron chi connectivity index (χ3n) is 5.49. The van der Waals surface area contributed by atoms with Crippen molar-refractivity contribution in [2.75, 3.05) is 13.1 Å². The van der Waals surface area contributed by atoms with Crippen molar-refractivity contribution in [1.82, 2.24) is 25.0 Å². The Hall–Kier alpha value is -2.15. The summed E-state index contributed by atoms with van der Waals surface area (Å²) in [5.74, 6) is 0.218. The van der Waals surface area contributed by atoms with Gasteiger partial charge in [-0.3, -0.25) is 14.9 Å². The Kier molecular flexibility index (Phi) is 5.29. The smallest absolute Gasteiger partial charge is 0.107 e. The lowest BCUT2D eigenvalue weighted by Crippen LogP contribution is -2.40. The van der Waals surface area contributed by atoms with E-state index in [2.05, 4.69) is 55.3 Å². The van der Waals surface area contributed by atoms with Gasteiger partial charge in [0.1, 0.15) is 6.23 Å². The highest BCUT2D eigenvalue weighted by Crippen LogP contribution is 2.26. The summed E-state index contributed by atoms with van der Waals surface area (Å²) in [4.78, 5) is 5.80. The van der Waals surface area contributed by atoms with Crippen LogP contribution in [0.5, 0.6) is 0 Å². The van der Waals surface area contributed by atoms with E-state index in [4.69, 9.17) is 0 Å². The third-order valence-corrected chi connectivity index (χ3v) is 5.49. The highest BCUT2D eigenvalue weighted by molar-refractivity contribution is 5.82. The minimum Gasteiger partial charge on any atom is -0.378 e. The van der Waals surface area contributed by atoms with E-state index in [0.717, 1.165) is 32.6 Å². The zero-order valence-corrected chi connectivity index (χ0v) is 16.1. The quantitative estimate of drug-likeness (QED) is 0.562. The van der Waals surface area contributed by atoms with Gasteiger partial charge in [0, 0.05) is 42.9 Å². The summed E-state index contributed by atoms with van der Waals surface area (Å²) < 4.78 is 2.16. The Labute approximate surface area is 160 Å². The Bertz CT molecular complexity index is 883. The summed E-state index contributed by atoms with van der Waals surface area (Å²) >= 11 is 0. The van der Waals surface area contributed by atoms with Gasteiger partial charge in [0.25, 0.3) is 0 Å². The lowest BCUT2D eigenvalue weighted by molar-refractivity contribution is 0.0859. The van der Waals surface area contributed by atoms with Crippen molar-refractivity contribution in [3.8, 4) is 0 Å². The fourth-order valence-corrected chi connectivity index (χ4v) is 3.96. The fraction of sp³-hybridized carbons (Fsp3) is 0.476. The van der Waals surface area contributed by atoms with E-state index in [1.807, 2.05) is 26.2 Å². The zero-order chi connectivity index (χ0) is 18.8. The number of rotatable bonds is 7. The van der Waals surface area contributed by atoms with Crippen LogP contribution in [0.3, 0.4) is 0 Å². The molecule has 0 saturated carbocycles. The molecule has 1 aliphatic heterocycles. The number of aromatic amines is 1. The minimum atomic E-state index is -0.451. The first kappa shape index (κ1) is 18.2. The molecule has 2 unspecified atom stereocenters. The molecule has 3 N–H and O–H groups in total. The lowest BCUT2D eigenvalue weighted by Gasteiger charge is -2.34. The summed E-state index contributed by atoms with van der Waals surface area (Å²) in [6, 6.07) is 11.1. The van der Waals surface area contributed by atoms with Gasteiger partial charge in [-0.1, -0.05) is 26.0 Å². The van der Waals surface area contributed by atoms with E-state index >= 15 is 0 Å². The number of hydrogen-bond acceptors (Lipinski definition) is 4. The standard InChI is InChI=1S/C21H29N5O/c1-15(2)21(27)23-9-6-17-13-25(14-18-7-11-24-26(17)18)12-16-4-3-5-20-19(16)8-10-22-20/h3-5,7-8,10-11,15,17,21-23,27H,6,9,12-14H2,1-2H3. The predicted octanol–water partition coefficient (Wildman–Crippen LogP) is 2.88. The highest BCUT2D eigenvalue weighted by Gasteiger charge is 2.26. The molecule has 6 nitrogen and oxygen atoms in total. The molecule has 0 fully saturated rings. The normalized spacial score (nSPS) is 18.9. The van der Waals surface area contributed by atoms with Gasteiger partial charge >= 0.3 is 0 Å². The molecule has 2 atom stereocenters. The first-order valence-corrected chi connectivity index (χ1v) is 9.83. The summed E-state index contributed by atoms with van der Waals surface area (Å²) in [6.45, 7) is 7.64. The number of aliphatic hydroxyl groups is 1. The minimum absolute atomic E-state index is 0.218. The topological polar surface area (TPSA) is 69.1 Å². The van der Waals surface area contributed by atoms with E-state index in [9.17, 15) is 5.11 Å². The number of benzene rings is 1. The second-order valence-corrected chi connectivity index (χ2v) is 7.88. The molecule has 144 valence electrons. The van der Waals surface area contributed by atoms with Crippen LogP contribution in [0, 0.1) is 5.92 Å². The summed E-state index contributed by atoms with van der Waals surface area (Å²) in [5, 5.41) is 19.1. The number of H-pyrrole nitrogens is 1. The van der Waals surface area contributed by atoms with Crippen LogP contribution in [0.15, 0.2) is 42.7 Å². The zero-order valence-electron chi connectivity index (χ0n) is 16.1. The third kappa shape index (κ3) is 3.93. The Morgan fingerprint density at radius 1 is 1.30 bits per heavy atom. The fourth-order valence-electron chi connectivity index (χ4n) is 3.96. The molecule has 0 radical (unpaired) electrons. The SMILES string of the molecule is CC(C)C(O)NCCC1CN(Cc2cccc3[nH]ccc23)Cc2ccnn21. The largest absolute Gasteiger partial charge is 0.378 e. The number of hydrogen-bond donors (Lipinski definition) is 3. The molecule has 3 heterocycles. The maximum atomic E-state index is 9.99. The van der Waals surface area contributed by atoms with Crippen LogP contribution in [0.4, 0.5) is 0 Å². The van der Waals surface area contributed by atoms with Crippen LogP contribution in [0.2, 0.25) is 0 Å². The maximum absolute atomic E-state index is 9.99. The van der Waals surface area contributed by atoms with E-state index in [0.29, 0.717) is 6.04 Å². The molecule has 0 bridgehead atoms. The van der Waals surface area contributed by atoms with Crippen LogP contribution >= 0.6 is 0 Å². The van der Waals surface area contributed by atoms with Gasteiger partial charge in [-0.2, -0.15) is 5.10 Å². The number of nitrogens with one attached hydrogen (secondary N) is 2. The highest BCUT2D eigenvalue weighted by atomic mass is 16.3. The van der Waals surface area contributed by atoms with Gasteiger partial charge < -0.3 is 10.1 Å². The summed E-state index contributed by atoms with van der Waals surface area (Å²) in [6.07, 6.45) is 4.40. The van der Waals surface area contributed by atoms with Crippen LogP contribution in [-0.4, -0.2) is 44.1 Å². The van der Waals surface area contributed by atoms with Gasteiger partial charge in [0.15, 0.2) is 0 Å². The molecule has 1 aromatic carbocycles. The first-order chi connectivity index (χ1) is 13.1. The molecule has 3 aromatic rings. The van der Waals surface area contributed by atoms with Gasteiger partial charge in [-0.15, -0.1) is 0 Å². The molecule has 2 aromatic heterocycles. The molecule has 4 rings (SSSR count). The van der Waals surface area contributed by atoms with Crippen LogP contribution in [0.25, 0.3) is 10.9 Å². The van der Waals surface area contributed by atoms with Crippen molar-refractivity contribution < 1.29 is 5.11 Å². The van der Waals surface area contributed by atoms with Gasteiger partial charge in [-0.05, 0) is 42.6 Å². The monoisotopic (exact) mass is 367 g/mol. The molecule has 0 aliphatic carbocycles. The molecule has 27 heavy (non-hydrogen) atoms. The van der Waals surface area contributed by atoms with Crippen LogP contribution in [-0.2, 0) is 13.1 Å². The van der Waals surface area contributed by atoms with E-state index in [1.165, 1.54) is 22.2 Å². The first-order valence-electron chi connectivity index (χ1n) is 9.83. The Balaban J connectivity index is 1.45. The number of aromatic nitrogens is 3. The Morgan fingerprint density at radius 3 is 3.04 bits per heavy atom. The van der Waals surface area contributed by atoms with E-state index < -0.39 is 6.23 Å². The number of nitrogens with zero attached hydrogens (tertiary/aromatic N) is 3. The van der Waals surface area contributed by atoms with E-state index in [-0.39, 0.29) is 5.92 Å². The molecule has 0 amide bonds. The van der Waals surface area contributed by atoms with Gasteiger partial charge in [0.2, 0.25) is 0 Å². The second kappa shape index (κ2) is 7.84. The van der Waals surface area contributed by atoms with E-state index in [1.54, 1.807) is 0 Å². The molecular formula is C21H29N5O. The Morgan fingerprint density at radius 2 is 2.19 bits per heavy atom. The lowest BCUT2D eigenvalue weighted by atomic mass is 10.1. The average Bonchev–Trinajstić information content (AvgIpc) is 3.30. The van der Waals surface area contributed by atoms with Crippen molar-refractivity contribution in [3.05, 3.63) is 54.0 Å². The molecule has 1 aliphatic rings. The van der Waals surface area contributed by atoms with Crippen molar-refractivity contribution >= 4 is 10.9 Å². The molecule has 6 heteroatoms. The van der Waals surface area contributed by atoms with Crippen molar-refractivity contribution in [3.63, 3.8) is 0 Å². The van der Waals surface area contributed by atoms with Crippen molar-refractivity contribution in [2.24, 2.45) is 5.92 Å². The average molecular weight is 367 g/mol. The van der Waals surface area contributed by atoms with Crippen molar-refractivity contribution in [1.29, 1.82) is 0 Å². The van der Waals surface area contributed by atoms with Crippen molar-refractivity contribution in [2.45, 2.75) is 45.6 Å².